The molecule has 7 nitrogen and oxygen atoms in total. The lowest BCUT2D eigenvalue weighted by Gasteiger charge is -2.39. The van der Waals surface area contributed by atoms with Crippen LogP contribution in [0.4, 0.5) is 13.2 Å². The van der Waals surface area contributed by atoms with Gasteiger partial charge in [-0.15, -0.1) is 0 Å². The van der Waals surface area contributed by atoms with E-state index in [2.05, 4.69) is 9.72 Å². The fourth-order valence-electron chi connectivity index (χ4n) is 3.33. The van der Waals surface area contributed by atoms with Crippen molar-refractivity contribution in [1.82, 2.24) is 4.98 Å². The molecule has 2 aliphatic heterocycles. The Morgan fingerprint density at radius 1 is 1.24 bits per heavy atom. The van der Waals surface area contributed by atoms with Crippen molar-refractivity contribution in [2.75, 3.05) is 7.11 Å². The predicted octanol–water partition coefficient (Wildman–Crippen LogP) is 2.88. The zero-order valence-corrected chi connectivity index (χ0v) is 16.3. The molecule has 5 atom stereocenters. The first-order chi connectivity index (χ1) is 13.5. The topological polar surface area (TPSA) is 76.1 Å². The number of hydrogen-bond acceptors (Lipinski definition) is 7. The minimum absolute atomic E-state index is 0.244. The van der Waals surface area contributed by atoms with E-state index in [0.717, 1.165) is 12.1 Å². The Bertz CT molecular complexity index is 781. The molecule has 3 rings (SSSR count). The van der Waals surface area contributed by atoms with Crippen molar-refractivity contribution in [3.63, 3.8) is 0 Å². The van der Waals surface area contributed by atoms with E-state index in [1.54, 1.807) is 20.8 Å². The molecule has 0 aromatic carbocycles. The molecule has 0 unspecified atom stereocenters. The summed E-state index contributed by atoms with van der Waals surface area (Å²) < 4.78 is 67.0. The molecule has 2 saturated heterocycles. The van der Waals surface area contributed by atoms with E-state index in [1.165, 1.54) is 25.3 Å². The van der Waals surface area contributed by atoms with Crippen molar-refractivity contribution in [1.29, 1.82) is 0 Å². The van der Waals surface area contributed by atoms with Gasteiger partial charge in [0.25, 0.3) is 0 Å². The summed E-state index contributed by atoms with van der Waals surface area (Å²) in [6.07, 6.45) is -5.32. The van der Waals surface area contributed by atoms with E-state index < -0.39 is 54.1 Å². The lowest BCUT2D eigenvalue weighted by molar-refractivity contribution is -0.159. The van der Waals surface area contributed by atoms with Gasteiger partial charge in [0.2, 0.25) is 5.88 Å². The Hall–Kier alpha value is -2.17. The Morgan fingerprint density at radius 3 is 2.59 bits per heavy atom. The number of aromatic nitrogens is 1. The molecule has 3 heterocycles. The minimum Gasteiger partial charge on any atom is -0.468 e. The molecule has 0 aliphatic carbocycles. The number of rotatable bonds is 4. The van der Waals surface area contributed by atoms with E-state index in [4.69, 9.17) is 18.9 Å². The van der Waals surface area contributed by atoms with Crippen LogP contribution in [0.1, 0.15) is 26.5 Å². The van der Waals surface area contributed by atoms with Gasteiger partial charge in [-0.3, -0.25) is 0 Å². The lowest BCUT2D eigenvalue weighted by Crippen LogP contribution is -2.57. The van der Waals surface area contributed by atoms with Crippen LogP contribution in [0.15, 0.2) is 30.4 Å². The Morgan fingerprint density at radius 2 is 1.93 bits per heavy atom. The monoisotopic (exact) mass is 417 g/mol. The normalized spacial score (nSPS) is 31.5. The van der Waals surface area contributed by atoms with Crippen molar-refractivity contribution >= 4 is 5.97 Å². The van der Waals surface area contributed by atoms with Crippen LogP contribution >= 0.6 is 0 Å². The highest BCUT2D eigenvalue weighted by atomic mass is 19.4. The van der Waals surface area contributed by atoms with Crippen LogP contribution in [0, 0.1) is 0 Å². The Balaban J connectivity index is 1.91. The number of nitrogens with zero attached hydrogens (tertiary/aromatic N) is 1. The van der Waals surface area contributed by atoms with Crippen molar-refractivity contribution < 1.29 is 41.7 Å². The molecule has 1 aromatic rings. The molecule has 1 aromatic heterocycles. The summed E-state index contributed by atoms with van der Waals surface area (Å²) in [4.78, 5) is 15.0. The quantitative estimate of drug-likeness (QED) is 0.551. The van der Waals surface area contributed by atoms with Crippen molar-refractivity contribution in [2.45, 2.75) is 63.3 Å². The second-order valence-corrected chi connectivity index (χ2v) is 7.19. The molecule has 0 amide bonds. The smallest absolute Gasteiger partial charge is 0.433 e. The van der Waals surface area contributed by atoms with Crippen molar-refractivity contribution in [3.05, 3.63) is 36.0 Å². The maximum absolute atomic E-state index is 13.0. The number of esters is 1. The van der Waals surface area contributed by atoms with Crippen molar-refractivity contribution in [2.24, 2.45) is 0 Å². The predicted molar refractivity (Wildman–Crippen MR) is 93.0 cm³/mol. The fourth-order valence-corrected chi connectivity index (χ4v) is 3.33. The largest absolute Gasteiger partial charge is 0.468 e. The van der Waals surface area contributed by atoms with E-state index in [9.17, 15) is 18.0 Å². The summed E-state index contributed by atoms with van der Waals surface area (Å²) in [5, 5.41) is 0. The van der Waals surface area contributed by atoms with Crippen molar-refractivity contribution in [3.8, 4) is 5.88 Å². The number of methoxy groups -OCH3 is 1. The minimum atomic E-state index is -4.61. The summed E-state index contributed by atoms with van der Waals surface area (Å²) in [5.74, 6) is -1.79. The third kappa shape index (κ3) is 4.88. The number of fused-ring (bicyclic) bond motifs is 1. The first-order valence-electron chi connectivity index (χ1n) is 8.98. The standard InChI is InChI=1S/C19H22F3NO6/c1-10-15-17(29-18(2,3)28-15)16(11(26-10)8-9-14(24)25-4)27-13-7-5-6-12(23-13)19(20,21)22/h5-11,15-17H,1-4H3/b9-8+/t10-,11-,15+,16+,17+/m1/s1. The summed E-state index contributed by atoms with van der Waals surface area (Å²) >= 11 is 0. The van der Waals surface area contributed by atoms with Gasteiger partial charge in [0.05, 0.1) is 13.2 Å². The third-order valence-electron chi connectivity index (χ3n) is 4.54. The van der Waals surface area contributed by atoms with Gasteiger partial charge < -0.3 is 23.7 Å². The zero-order valence-electron chi connectivity index (χ0n) is 16.3. The molecular formula is C19H22F3NO6. The number of halogens is 3. The maximum Gasteiger partial charge on any atom is 0.433 e. The molecule has 29 heavy (non-hydrogen) atoms. The van der Waals surface area contributed by atoms with Crippen LogP contribution in [0.25, 0.3) is 0 Å². The van der Waals surface area contributed by atoms with Crippen LogP contribution in [-0.2, 0) is 29.9 Å². The molecule has 0 spiro atoms. The highest BCUT2D eigenvalue weighted by Crippen LogP contribution is 2.39. The van der Waals surface area contributed by atoms with Gasteiger partial charge in [0.1, 0.15) is 24.0 Å². The van der Waals surface area contributed by atoms with Crippen LogP contribution in [-0.4, -0.2) is 54.4 Å². The molecule has 0 bridgehead atoms. The van der Waals surface area contributed by atoms with Crippen LogP contribution in [0.5, 0.6) is 5.88 Å². The summed E-state index contributed by atoms with van der Waals surface area (Å²) in [6, 6.07) is 3.36. The highest BCUT2D eigenvalue weighted by molar-refractivity contribution is 5.81. The van der Waals surface area contributed by atoms with Gasteiger partial charge >= 0.3 is 12.1 Å². The fraction of sp³-hybridized carbons (Fsp3) is 0.579. The average molecular weight is 417 g/mol. The molecule has 0 saturated carbocycles. The first kappa shape index (κ1) is 21.5. The number of ether oxygens (including phenoxy) is 5. The van der Waals surface area contributed by atoms with Gasteiger partial charge in [0.15, 0.2) is 11.9 Å². The zero-order chi connectivity index (χ0) is 21.4. The second kappa shape index (κ2) is 7.92. The van der Waals surface area contributed by atoms with Gasteiger partial charge in [0, 0.05) is 12.1 Å². The van der Waals surface area contributed by atoms with Gasteiger partial charge in [-0.1, -0.05) is 6.07 Å². The van der Waals surface area contributed by atoms with Crippen LogP contribution in [0.2, 0.25) is 0 Å². The molecule has 0 N–H and O–H groups in total. The number of carbonyl (C=O) groups is 1. The molecular weight excluding hydrogens is 395 g/mol. The highest BCUT2D eigenvalue weighted by Gasteiger charge is 2.54. The molecule has 2 aliphatic rings. The van der Waals surface area contributed by atoms with E-state index in [0.29, 0.717) is 0 Å². The summed E-state index contributed by atoms with van der Waals surface area (Å²) in [5.41, 5.74) is -1.08. The van der Waals surface area contributed by atoms with E-state index in [-0.39, 0.29) is 5.88 Å². The number of pyridine rings is 1. The van der Waals surface area contributed by atoms with Gasteiger partial charge in [-0.05, 0) is 32.9 Å². The summed E-state index contributed by atoms with van der Waals surface area (Å²) in [6.45, 7) is 5.22. The van der Waals surface area contributed by atoms with Crippen LogP contribution in [0.3, 0.4) is 0 Å². The summed E-state index contributed by atoms with van der Waals surface area (Å²) in [7, 11) is 1.23. The van der Waals surface area contributed by atoms with Gasteiger partial charge in [-0.25, -0.2) is 9.78 Å². The molecule has 0 radical (unpaired) electrons. The molecule has 10 heteroatoms. The maximum atomic E-state index is 13.0. The third-order valence-corrected chi connectivity index (χ3v) is 4.54. The second-order valence-electron chi connectivity index (χ2n) is 7.19. The SMILES string of the molecule is COC(=O)/C=C/[C@H]1O[C@H](C)[C@@H]2OC(C)(C)O[C@@H]2[C@H]1Oc1cccc(C(F)(F)F)n1. The Labute approximate surface area is 165 Å². The molecule has 160 valence electrons. The Kier molecular flexibility index (Phi) is 5.88. The molecule has 2 fully saturated rings. The number of alkyl halides is 3. The van der Waals surface area contributed by atoms with E-state index >= 15 is 0 Å². The lowest BCUT2D eigenvalue weighted by atomic mass is 9.95. The van der Waals surface area contributed by atoms with Crippen LogP contribution < -0.4 is 4.74 Å². The number of carbonyl (C=O) groups excluding carboxylic acids is 1. The number of hydrogen-bond donors (Lipinski definition) is 0. The first-order valence-corrected chi connectivity index (χ1v) is 8.98. The van der Waals surface area contributed by atoms with E-state index in [1.807, 2.05) is 0 Å². The average Bonchev–Trinajstić information content (AvgIpc) is 2.98. The van der Waals surface area contributed by atoms with Gasteiger partial charge in [-0.2, -0.15) is 13.2 Å².